The number of hydrogen-bond donors (Lipinski definition) is 0. The van der Waals surface area contributed by atoms with Crippen molar-refractivity contribution >= 4 is 11.6 Å². The van der Waals surface area contributed by atoms with Gasteiger partial charge in [-0.2, -0.15) is 0 Å². The van der Waals surface area contributed by atoms with Crippen LogP contribution >= 0.6 is 0 Å². The first-order valence-electron chi connectivity index (χ1n) is 4.46. The standard InChI is InChI=1S/C11H15NO/c1-5-7-8(3)11-10(6-2)12-9(4)13-11/h6-7H,2,5H2,1,3-4H3/b8-7-. The molecule has 1 rings (SSSR count). The molecule has 1 aromatic heterocycles. The van der Waals surface area contributed by atoms with Crippen molar-refractivity contribution in [1.82, 2.24) is 4.98 Å². The summed E-state index contributed by atoms with van der Waals surface area (Å²) in [6.07, 6.45) is 4.84. The van der Waals surface area contributed by atoms with Crippen LogP contribution in [0.4, 0.5) is 0 Å². The van der Waals surface area contributed by atoms with Gasteiger partial charge < -0.3 is 4.42 Å². The van der Waals surface area contributed by atoms with E-state index in [1.807, 2.05) is 13.8 Å². The lowest BCUT2D eigenvalue weighted by molar-refractivity contribution is 0.509. The highest BCUT2D eigenvalue weighted by Crippen LogP contribution is 2.21. The van der Waals surface area contributed by atoms with Gasteiger partial charge in [-0.15, -0.1) is 0 Å². The SMILES string of the molecule is C=Cc1nc(C)oc1/C(C)=C\CC. The van der Waals surface area contributed by atoms with Gasteiger partial charge in [0.25, 0.3) is 0 Å². The Labute approximate surface area is 79.0 Å². The van der Waals surface area contributed by atoms with Gasteiger partial charge in [0.2, 0.25) is 0 Å². The lowest BCUT2D eigenvalue weighted by Crippen LogP contribution is -1.80. The maximum absolute atomic E-state index is 5.47. The van der Waals surface area contributed by atoms with Gasteiger partial charge in [-0.25, -0.2) is 4.98 Å². The van der Waals surface area contributed by atoms with E-state index in [9.17, 15) is 0 Å². The fourth-order valence-corrected chi connectivity index (χ4v) is 1.26. The minimum Gasteiger partial charge on any atom is -0.441 e. The summed E-state index contributed by atoms with van der Waals surface area (Å²) in [5.74, 6) is 1.53. The quantitative estimate of drug-likeness (QED) is 0.706. The monoisotopic (exact) mass is 177 g/mol. The summed E-state index contributed by atoms with van der Waals surface area (Å²) in [6.45, 7) is 9.66. The number of rotatable bonds is 3. The summed E-state index contributed by atoms with van der Waals surface area (Å²) in [5.41, 5.74) is 1.96. The van der Waals surface area contributed by atoms with Gasteiger partial charge in [-0.1, -0.05) is 19.6 Å². The first-order valence-corrected chi connectivity index (χ1v) is 4.46. The minimum atomic E-state index is 0.689. The van der Waals surface area contributed by atoms with Gasteiger partial charge in [0.1, 0.15) is 5.69 Å². The lowest BCUT2D eigenvalue weighted by atomic mass is 10.1. The molecule has 1 heterocycles. The van der Waals surface area contributed by atoms with Crippen molar-refractivity contribution in [3.05, 3.63) is 30.0 Å². The van der Waals surface area contributed by atoms with E-state index in [1.54, 1.807) is 6.08 Å². The van der Waals surface area contributed by atoms with E-state index in [-0.39, 0.29) is 0 Å². The number of aromatic nitrogens is 1. The summed E-state index contributed by atoms with van der Waals surface area (Å²) < 4.78 is 5.47. The third-order valence-electron chi connectivity index (χ3n) is 1.82. The molecule has 0 N–H and O–H groups in total. The van der Waals surface area contributed by atoms with Crippen molar-refractivity contribution in [2.75, 3.05) is 0 Å². The summed E-state index contributed by atoms with van der Waals surface area (Å²) in [6, 6.07) is 0. The van der Waals surface area contributed by atoms with Crippen molar-refractivity contribution in [3.63, 3.8) is 0 Å². The molecule has 70 valence electrons. The Bertz CT molecular complexity index is 334. The van der Waals surface area contributed by atoms with Crippen molar-refractivity contribution in [2.24, 2.45) is 0 Å². The molecule has 13 heavy (non-hydrogen) atoms. The number of hydrogen-bond acceptors (Lipinski definition) is 2. The maximum atomic E-state index is 5.47. The molecule has 1 aromatic rings. The third kappa shape index (κ3) is 2.08. The van der Waals surface area contributed by atoms with E-state index in [1.165, 1.54) is 0 Å². The third-order valence-corrected chi connectivity index (χ3v) is 1.82. The van der Waals surface area contributed by atoms with Crippen LogP contribution in [-0.2, 0) is 0 Å². The zero-order valence-electron chi connectivity index (χ0n) is 8.42. The predicted octanol–water partition coefficient (Wildman–Crippen LogP) is 3.44. The largest absolute Gasteiger partial charge is 0.441 e. The van der Waals surface area contributed by atoms with Crippen LogP contribution in [0.1, 0.15) is 37.6 Å². The van der Waals surface area contributed by atoms with E-state index < -0.39 is 0 Å². The maximum Gasteiger partial charge on any atom is 0.192 e. The molecule has 0 fully saturated rings. The molecule has 2 nitrogen and oxygen atoms in total. The number of allylic oxidation sites excluding steroid dienone is 2. The van der Waals surface area contributed by atoms with Crippen LogP contribution in [0.5, 0.6) is 0 Å². The minimum absolute atomic E-state index is 0.689. The second-order valence-electron chi connectivity index (χ2n) is 2.95. The number of nitrogens with zero attached hydrogens (tertiary/aromatic N) is 1. The number of oxazole rings is 1. The normalized spacial score (nSPS) is 11.8. The Morgan fingerprint density at radius 3 is 2.85 bits per heavy atom. The van der Waals surface area contributed by atoms with Crippen LogP contribution in [0.25, 0.3) is 11.6 Å². The molecule has 0 amide bonds. The molecular weight excluding hydrogens is 162 g/mol. The van der Waals surface area contributed by atoms with E-state index in [4.69, 9.17) is 4.42 Å². The zero-order chi connectivity index (χ0) is 9.84. The van der Waals surface area contributed by atoms with Gasteiger partial charge in [0, 0.05) is 6.92 Å². The highest BCUT2D eigenvalue weighted by Gasteiger charge is 2.08. The molecule has 0 saturated heterocycles. The molecule has 2 heteroatoms. The first-order chi connectivity index (χ1) is 6.19. The van der Waals surface area contributed by atoms with Crippen LogP contribution in [-0.4, -0.2) is 4.98 Å². The average Bonchev–Trinajstić information content (AvgIpc) is 2.47. The van der Waals surface area contributed by atoms with Gasteiger partial charge in [0.15, 0.2) is 11.7 Å². The Morgan fingerprint density at radius 1 is 1.62 bits per heavy atom. The second kappa shape index (κ2) is 4.08. The molecule has 0 spiro atoms. The summed E-state index contributed by atoms with van der Waals surface area (Å²) in [7, 11) is 0. The van der Waals surface area contributed by atoms with Crippen LogP contribution in [0.3, 0.4) is 0 Å². The molecule has 0 aromatic carbocycles. The summed E-state index contributed by atoms with van der Waals surface area (Å²) in [5, 5.41) is 0. The van der Waals surface area contributed by atoms with Crippen molar-refractivity contribution < 1.29 is 4.42 Å². The fourth-order valence-electron chi connectivity index (χ4n) is 1.26. The Kier molecular flexibility index (Phi) is 3.07. The van der Waals surface area contributed by atoms with Gasteiger partial charge >= 0.3 is 0 Å². The van der Waals surface area contributed by atoms with Crippen molar-refractivity contribution in [2.45, 2.75) is 27.2 Å². The van der Waals surface area contributed by atoms with Gasteiger partial charge in [-0.3, -0.25) is 0 Å². The molecule has 0 atom stereocenters. The summed E-state index contributed by atoms with van der Waals surface area (Å²) in [4.78, 5) is 4.21. The Hall–Kier alpha value is -1.31. The van der Waals surface area contributed by atoms with E-state index in [0.29, 0.717) is 5.89 Å². The highest BCUT2D eigenvalue weighted by atomic mass is 16.4. The van der Waals surface area contributed by atoms with Crippen LogP contribution < -0.4 is 0 Å². The predicted molar refractivity (Wildman–Crippen MR) is 55.3 cm³/mol. The second-order valence-corrected chi connectivity index (χ2v) is 2.95. The van der Waals surface area contributed by atoms with E-state index >= 15 is 0 Å². The topological polar surface area (TPSA) is 26.0 Å². The molecule has 0 saturated carbocycles. The molecule has 0 aliphatic heterocycles. The number of aryl methyl sites for hydroxylation is 1. The van der Waals surface area contributed by atoms with Crippen LogP contribution in [0.2, 0.25) is 0 Å². The van der Waals surface area contributed by atoms with Gasteiger partial charge in [-0.05, 0) is 25.0 Å². The summed E-state index contributed by atoms with van der Waals surface area (Å²) >= 11 is 0. The van der Waals surface area contributed by atoms with E-state index in [2.05, 4.69) is 24.6 Å². The molecule has 0 radical (unpaired) electrons. The molecule has 0 aliphatic carbocycles. The average molecular weight is 177 g/mol. The van der Waals surface area contributed by atoms with Crippen LogP contribution in [0.15, 0.2) is 17.1 Å². The van der Waals surface area contributed by atoms with E-state index in [0.717, 1.165) is 23.4 Å². The Morgan fingerprint density at radius 2 is 2.31 bits per heavy atom. The highest BCUT2D eigenvalue weighted by molar-refractivity contribution is 5.66. The van der Waals surface area contributed by atoms with Crippen LogP contribution in [0, 0.1) is 6.92 Å². The lowest BCUT2D eigenvalue weighted by Gasteiger charge is -1.95. The van der Waals surface area contributed by atoms with Crippen molar-refractivity contribution in [3.8, 4) is 0 Å². The zero-order valence-corrected chi connectivity index (χ0v) is 8.42. The Balaban J connectivity index is 3.12. The molecular formula is C11H15NO. The van der Waals surface area contributed by atoms with Crippen molar-refractivity contribution in [1.29, 1.82) is 0 Å². The fraction of sp³-hybridized carbons (Fsp3) is 0.364. The molecule has 0 bridgehead atoms. The molecule has 0 unspecified atom stereocenters. The first kappa shape index (κ1) is 9.78. The smallest absolute Gasteiger partial charge is 0.192 e. The molecule has 0 aliphatic rings. The van der Waals surface area contributed by atoms with Gasteiger partial charge in [0.05, 0.1) is 0 Å².